The molecule has 84 valence electrons. The molecule has 2 aliphatic heterocycles. The van der Waals surface area contributed by atoms with Crippen molar-refractivity contribution in [3.05, 3.63) is 0 Å². The van der Waals surface area contributed by atoms with Gasteiger partial charge in [0.25, 0.3) is 0 Å². The van der Waals surface area contributed by atoms with Gasteiger partial charge in [0.2, 0.25) is 5.91 Å². The Kier molecular flexibility index (Phi) is 2.90. The Bertz CT molecular complexity index is 274. The van der Waals surface area contributed by atoms with Gasteiger partial charge in [0.05, 0.1) is 6.61 Å². The molecule has 2 unspecified atom stereocenters. The Labute approximate surface area is 88.8 Å². The summed E-state index contributed by atoms with van der Waals surface area (Å²) in [4.78, 5) is 24.3. The quantitative estimate of drug-likeness (QED) is 0.718. The number of carbonyl (C=O) groups excluding carboxylic acids is 2. The molecule has 0 aromatic rings. The van der Waals surface area contributed by atoms with E-state index in [2.05, 4.69) is 5.32 Å². The van der Waals surface area contributed by atoms with E-state index in [-0.39, 0.29) is 18.0 Å². The fourth-order valence-corrected chi connectivity index (χ4v) is 2.15. The van der Waals surface area contributed by atoms with Crippen molar-refractivity contribution in [3.63, 3.8) is 0 Å². The van der Waals surface area contributed by atoms with Crippen LogP contribution in [0.15, 0.2) is 0 Å². The van der Waals surface area contributed by atoms with Crippen molar-refractivity contribution < 1.29 is 14.3 Å². The fourth-order valence-electron chi connectivity index (χ4n) is 2.15. The van der Waals surface area contributed by atoms with E-state index in [1.807, 2.05) is 6.92 Å². The van der Waals surface area contributed by atoms with Crippen LogP contribution in [-0.2, 0) is 9.53 Å². The lowest BCUT2D eigenvalue weighted by Gasteiger charge is -2.34. The highest BCUT2D eigenvalue weighted by Gasteiger charge is 2.32. The highest BCUT2D eigenvalue weighted by molar-refractivity contribution is 5.96. The monoisotopic (exact) mass is 212 g/mol. The second-order valence-corrected chi connectivity index (χ2v) is 4.16. The van der Waals surface area contributed by atoms with Crippen LogP contribution in [-0.4, -0.2) is 42.6 Å². The minimum atomic E-state index is -0.259. The molecule has 2 heterocycles. The van der Waals surface area contributed by atoms with E-state index in [1.165, 1.54) is 0 Å². The van der Waals surface area contributed by atoms with Gasteiger partial charge in [-0.25, -0.2) is 4.79 Å². The van der Waals surface area contributed by atoms with E-state index >= 15 is 0 Å². The van der Waals surface area contributed by atoms with E-state index in [4.69, 9.17) is 4.74 Å². The Balaban J connectivity index is 1.97. The van der Waals surface area contributed by atoms with E-state index in [1.54, 1.807) is 4.90 Å². The van der Waals surface area contributed by atoms with Crippen molar-refractivity contribution in [1.29, 1.82) is 0 Å². The SMILES string of the molecule is CC(C1CCOC1)N1CCC(=O)NC1=O. The van der Waals surface area contributed by atoms with Crippen molar-refractivity contribution in [1.82, 2.24) is 10.2 Å². The molecular formula is C10H16N2O3. The number of urea groups is 1. The van der Waals surface area contributed by atoms with E-state index in [0.717, 1.165) is 19.6 Å². The number of ether oxygens (including phenoxy) is 1. The van der Waals surface area contributed by atoms with Gasteiger partial charge < -0.3 is 9.64 Å². The fraction of sp³-hybridized carbons (Fsp3) is 0.800. The summed E-state index contributed by atoms with van der Waals surface area (Å²) in [5, 5.41) is 2.34. The van der Waals surface area contributed by atoms with Crippen LogP contribution in [0.4, 0.5) is 4.79 Å². The number of carbonyl (C=O) groups is 2. The van der Waals surface area contributed by atoms with Gasteiger partial charge in [0.1, 0.15) is 0 Å². The predicted molar refractivity (Wildman–Crippen MR) is 53.2 cm³/mol. The lowest BCUT2D eigenvalue weighted by Crippen LogP contribution is -2.54. The molecule has 0 aromatic heterocycles. The molecule has 0 bridgehead atoms. The number of imide groups is 1. The molecule has 1 N–H and O–H groups in total. The normalized spacial score (nSPS) is 29.1. The minimum absolute atomic E-state index is 0.153. The average Bonchev–Trinajstić information content (AvgIpc) is 2.69. The molecule has 0 aromatic carbocycles. The van der Waals surface area contributed by atoms with Crippen LogP contribution in [0.5, 0.6) is 0 Å². The molecule has 2 saturated heterocycles. The molecule has 0 saturated carbocycles. The molecule has 3 amide bonds. The summed E-state index contributed by atoms with van der Waals surface area (Å²) in [5.41, 5.74) is 0. The van der Waals surface area contributed by atoms with Crippen molar-refractivity contribution in [3.8, 4) is 0 Å². The number of amides is 3. The predicted octanol–water partition coefficient (Wildman–Crippen LogP) is 0.353. The molecule has 0 aliphatic carbocycles. The number of hydrogen-bond acceptors (Lipinski definition) is 3. The molecule has 0 spiro atoms. The van der Waals surface area contributed by atoms with Crippen LogP contribution < -0.4 is 5.32 Å². The highest BCUT2D eigenvalue weighted by Crippen LogP contribution is 2.22. The summed E-state index contributed by atoms with van der Waals surface area (Å²) in [6.07, 6.45) is 1.41. The first-order valence-corrected chi connectivity index (χ1v) is 5.36. The first-order chi connectivity index (χ1) is 7.18. The second kappa shape index (κ2) is 4.18. The number of hydrogen-bond donors (Lipinski definition) is 1. The van der Waals surface area contributed by atoms with Gasteiger partial charge in [-0.15, -0.1) is 0 Å². The third-order valence-corrected chi connectivity index (χ3v) is 3.23. The number of rotatable bonds is 2. The maximum Gasteiger partial charge on any atom is 0.324 e. The van der Waals surface area contributed by atoms with Gasteiger partial charge in [-0.3, -0.25) is 10.1 Å². The molecule has 2 aliphatic rings. The smallest absolute Gasteiger partial charge is 0.324 e. The summed E-state index contributed by atoms with van der Waals surface area (Å²) < 4.78 is 5.30. The van der Waals surface area contributed by atoms with E-state index < -0.39 is 0 Å². The molecular weight excluding hydrogens is 196 g/mol. The van der Waals surface area contributed by atoms with Crippen LogP contribution in [0.1, 0.15) is 19.8 Å². The first-order valence-electron chi connectivity index (χ1n) is 5.36. The molecule has 2 fully saturated rings. The zero-order valence-corrected chi connectivity index (χ0v) is 8.86. The topological polar surface area (TPSA) is 58.6 Å². The molecule has 0 radical (unpaired) electrons. The summed E-state index contributed by atoms with van der Waals surface area (Å²) in [6, 6.07) is -0.105. The molecule has 15 heavy (non-hydrogen) atoms. The highest BCUT2D eigenvalue weighted by atomic mass is 16.5. The second-order valence-electron chi connectivity index (χ2n) is 4.16. The van der Waals surface area contributed by atoms with Crippen LogP contribution >= 0.6 is 0 Å². The van der Waals surface area contributed by atoms with E-state index in [9.17, 15) is 9.59 Å². The molecule has 5 heteroatoms. The third-order valence-electron chi connectivity index (χ3n) is 3.23. The third kappa shape index (κ3) is 2.12. The molecule has 5 nitrogen and oxygen atoms in total. The van der Waals surface area contributed by atoms with Crippen molar-refractivity contribution in [2.24, 2.45) is 5.92 Å². The summed E-state index contributed by atoms with van der Waals surface area (Å²) in [6.45, 7) is 4.05. The van der Waals surface area contributed by atoms with Crippen LogP contribution in [0, 0.1) is 5.92 Å². The lowest BCUT2D eigenvalue weighted by atomic mass is 9.99. The van der Waals surface area contributed by atoms with Crippen molar-refractivity contribution in [2.45, 2.75) is 25.8 Å². The summed E-state index contributed by atoms with van der Waals surface area (Å²) in [7, 11) is 0. The lowest BCUT2D eigenvalue weighted by molar-refractivity contribution is -0.121. The van der Waals surface area contributed by atoms with Crippen LogP contribution in [0.25, 0.3) is 0 Å². The van der Waals surface area contributed by atoms with Gasteiger partial charge in [-0.1, -0.05) is 0 Å². The van der Waals surface area contributed by atoms with Crippen molar-refractivity contribution in [2.75, 3.05) is 19.8 Å². The Morgan fingerprint density at radius 3 is 2.93 bits per heavy atom. The van der Waals surface area contributed by atoms with Gasteiger partial charge in [-0.2, -0.15) is 0 Å². The van der Waals surface area contributed by atoms with Gasteiger partial charge in [0.15, 0.2) is 0 Å². The Morgan fingerprint density at radius 2 is 2.33 bits per heavy atom. The zero-order chi connectivity index (χ0) is 10.8. The van der Waals surface area contributed by atoms with Gasteiger partial charge in [0, 0.05) is 31.5 Å². The standard InChI is InChI=1S/C10H16N2O3/c1-7(8-3-5-15-6-8)12-4-2-9(13)11-10(12)14/h7-8H,2-6H2,1H3,(H,11,13,14). The van der Waals surface area contributed by atoms with Crippen LogP contribution in [0.3, 0.4) is 0 Å². The summed E-state index contributed by atoms with van der Waals surface area (Å²) in [5.74, 6) is 0.232. The largest absolute Gasteiger partial charge is 0.381 e. The average molecular weight is 212 g/mol. The Hall–Kier alpha value is -1.10. The van der Waals surface area contributed by atoms with Crippen LogP contribution in [0.2, 0.25) is 0 Å². The zero-order valence-electron chi connectivity index (χ0n) is 8.86. The van der Waals surface area contributed by atoms with Gasteiger partial charge >= 0.3 is 6.03 Å². The minimum Gasteiger partial charge on any atom is -0.381 e. The van der Waals surface area contributed by atoms with Crippen molar-refractivity contribution >= 4 is 11.9 Å². The van der Waals surface area contributed by atoms with Gasteiger partial charge in [-0.05, 0) is 13.3 Å². The molecule has 2 rings (SSSR count). The Morgan fingerprint density at radius 1 is 1.53 bits per heavy atom. The van der Waals surface area contributed by atoms with E-state index in [0.29, 0.717) is 18.9 Å². The number of nitrogens with zero attached hydrogens (tertiary/aromatic N) is 1. The molecule has 2 atom stereocenters. The number of nitrogens with one attached hydrogen (secondary N) is 1. The first kappa shape index (κ1) is 10.4. The maximum atomic E-state index is 11.6. The summed E-state index contributed by atoms with van der Waals surface area (Å²) >= 11 is 0. The maximum absolute atomic E-state index is 11.6.